The van der Waals surface area contributed by atoms with Crippen molar-refractivity contribution in [2.45, 2.75) is 51.1 Å². The number of benzene rings is 3. The summed E-state index contributed by atoms with van der Waals surface area (Å²) < 4.78 is 10.8. The minimum absolute atomic E-state index is 0.0947. The zero-order valence-electron chi connectivity index (χ0n) is 23.2. The van der Waals surface area contributed by atoms with Crippen molar-refractivity contribution in [2.75, 3.05) is 20.8 Å². The van der Waals surface area contributed by atoms with Crippen molar-refractivity contribution >= 4 is 23.4 Å². The van der Waals surface area contributed by atoms with Gasteiger partial charge in [-0.15, -0.1) is 0 Å². The Morgan fingerprint density at radius 2 is 1.65 bits per heavy atom. The maximum Gasteiger partial charge on any atom is 0.247 e. The highest BCUT2D eigenvalue weighted by Gasteiger charge is 2.31. The topological polar surface area (TPSA) is 67.9 Å². The molecule has 0 aromatic heterocycles. The monoisotopic (exact) mass is 560 g/mol. The third-order valence-corrected chi connectivity index (χ3v) is 7.45. The molecule has 4 rings (SSSR count). The maximum absolute atomic E-state index is 14.0. The average Bonchev–Trinajstić information content (AvgIpc) is 2.99. The number of rotatable bonds is 12. The summed E-state index contributed by atoms with van der Waals surface area (Å²) in [6.07, 6.45) is 7.84. The summed E-state index contributed by atoms with van der Waals surface area (Å²) >= 11 is 6.13. The smallest absolute Gasteiger partial charge is 0.247 e. The van der Waals surface area contributed by atoms with Crippen LogP contribution in [0.5, 0.6) is 11.5 Å². The number of carbonyl (C=O) groups excluding carboxylic acids is 2. The van der Waals surface area contributed by atoms with E-state index in [0.29, 0.717) is 23.1 Å². The van der Waals surface area contributed by atoms with Crippen LogP contribution < -0.4 is 14.8 Å². The van der Waals surface area contributed by atoms with Gasteiger partial charge in [-0.2, -0.15) is 0 Å². The second-order valence-electron chi connectivity index (χ2n) is 9.98. The van der Waals surface area contributed by atoms with Crippen LogP contribution in [0.4, 0.5) is 0 Å². The largest absolute Gasteiger partial charge is 0.493 e. The number of hydrogen-bond donors (Lipinski definition) is 1. The Kier molecular flexibility index (Phi) is 10.6. The number of hydrogen-bond acceptors (Lipinski definition) is 4. The van der Waals surface area contributed by atoms with Gasteiger partial charge in [-0.05, 0) is 73.1 Å². The zero-order valence-corrected chi connectivity index (χ0v) is 24.0. The van der Waals surface area contributed by atoms with Crippen molar-refractivity contribution in [2.24, 2.45) is 0 Å². The summed E-state index contributed by atoms with van der Waals surface area (Å²) in [5, 5.41) is 3.74. The Bertz CT molecular complexity index is 1310. The first-order chi connectivity index (χ1) is 19.5. The van der Waals surface area contributed by atoms with Crippen LogP contribution in [-0.4, -0.2) is 37.5 Å². The lowest BCUT2D eigenvalue weighted by Crippen LogP contribution is -2.44. The van der Waals surface area contributed by atoms with Crippen LogP contribution in [0.1, 0.15) is 54.8 Å². The van der Waals surface area contributed by atoms with Crippen molar-refractivity contribution in [1.29, 1.82) is 0 Å². The fourth-order valence-corrected chi connectivity index (χ4v) is 5.19. The molecule has 2 amide bonds. The molecule has 0 radical (unpaired) electrons. The Balaban J connectivity index is 1.63. The highest BCUT2D eigenvalue weighted by atomic mass is 35.5. The van der Waals surface area contributed by atoms with E-state index in [1.165, 1.54) is 18.4 Å². The molecule has 0 aliphatic heterocycles. The molecule has 6 nitrogen and oxygen atoms in total. The third-order valence-electron chi connectivity index (χ3n) is 7.20. The summed E-state index contributed by atoms with van der Waals surface area (Å²) in [4.78, 5) is 29.5. The quantitative estimate of drug-likeness (QED) is 0.251. The molecule has 3 aromatic rings. The van der Waals surface area contributed by atoms with Gasteiger partial charge in [0, 0.05) is 18.1 Å². The summed E-state index contributed by atoms with van der Waals surface area (Å²) in [7, 11) is 3.14. The van der Waals surface area contributed by atoms with Crippen molar-refractivity contribution in [1.82, 2.24) is 10.2 Å². The van der Waals surface area contributed by atoms with Crippen molar-refractivity contribution < 1.29 is 19.1 Å². The molecule has 0 bridgehead atoms. The minimum atomic E-state index is -0.801. The fraction of sp³-hybridized carbons (Fsp3) is 0.333. The number of methoxy groups -OCH3 is 2. The predicted molar refractivity (Wildman–Crippen MR) is 159 cm³/mol. The number of ether oxygens (including phenoxy) is 2. The van der Waals surface area contributed by atoms with Crippen molar-refractivity contribution in [3.05, 3.63) is 106 Å². The van der Waals surface area contributed by atoms with E-state index in [0.717, 1.165) is 36.0 Å². The number of halogens is 1. The Morgan fingerprint density at radius 1 is 0.925 bits per heavy atom. The maximum atomic E-state index is 14.0. The number of nitrogens with zero attached hydrogens (tertiary/aromatic N) is 1. The molecule has 1 N–H and O–H groups in total. The third kappa shape index (κ3) is 7.89. The molecule has 0 fully saturated rings. The molecule has 1 aliphatic carbocycles. The summed E-state index contributed by atoms with van der Waals surface area (Å²) in [6, 6.07) is 21.5. The Morgan fingerprint density at radius 3 is 2.33 bits per heavy atom. The molecule has 40 heavy (non-hydrogen) atoms. The van der Waals surface area contributed by atoms with Crippen LogP contribution in [0.15, 0.2) is 84.4 Å². The molecule has 0 saturated carbocycles. The molecule has 0 heterocycles. The van der Waals surface area contributed by atoms with Gasteiger partial charge in [-0.1, -0.05) is 71.8 Å². The van der Waals surface area contributed by atoms with E-state index in [9.17, 15) is 9.59 Å². The zero-order chi connectivity index (χ0) is 28.3. The second kappa shape index (κ2) is 14.6. The molecular formula is C33H37ClN2O4. The first-order valence-corrected chi connectivity index (χ1v) is 14.1. The van der Waals surface area contributed by atoms with Gasteiger partial charge in [0.2, 0.25) is 11.8 Å². The first-order valence-electron chi connectivity index (χ1n) is 13.7. The van der Waals surface area contributed by atoms with E-state index in [2.05, 4.69) is 11.4 Å². The first kappa shape index (κ1) is 29.2. The van der Waals surface area contributed by atoms with Gasteiger partial charge < -0.3 is 19.7 Å². The molecule has 7 heteroatoms. The standard InChI is InChI=1S/C33H37ClN2O4/c1-39-29-18-15-26(21-30(29)40-2)22-31(37)36(23-25-13-16-28(34)17-14-25)32(27-11-7-4-8-12-27)33(38)35-20-19-24-9-5-3-6-10-24/h4,7-9,11-18,21,32H,3,5-6,10,19-20,22-23H2,1-2H3,(H,35,38). The van der Waals surface area contributed by atoms with E-state index in [-0.39, 0.29) is 24.8 Å². The van der Waals surface area contributed by atoms with Gasteiger partial charge in [0.1, 0.15) is 6.04 Å². The van der Waals surface area contributed by atoms with Gasteiger partial charge in [0.15, 0.2) is 11.5 Å². The molecule has 1 aliphatic rings. The summed E-state index contributed by atoms with van der Waals surface area (Å²) in [5.41, 5.74) is 3.79. The fourth-order valence-electron chi connectivity index (χ4n) is 5.06. The Hall–Kier alpha value is -3.77. The van der Waals surface area contributed by atoms with Gasteiger partial charge in [-0.25, -0.2) is 0 Å². The highest BCUT2D eigenvalue weighted by molar-refractivity contribution is 6.30. The van der Waals surface area contributed by atoms with Crippen LogP contribution >= 0.6 is 11.6 Å². The molecule has 210 valence electrons. The predicted octanol–water partition coefficient (Wildman–Crippen LogP) is 6.68. The molecule has 1 atom stereocenters. The number of carbonyl (C=O) groups is 2. The van der Waals surface area contributed by atoms with E-state index < -0.39 is 6.04 Å². The number of allylic oxidation sites excluding steroid dienone is 1. The highest BCUT2D eigenvalue weighted by Crippen LogP contribution is 2.30. The molecule has 0 spiro atoms. The van der Waals surface area contributed by atoms with Crippen molar-refractivity contribution in [3.8, 4) is 11.5 Å². The SMILES string of the molecule is COc1ccc(CC(=O)N(Cc2ccc(Cl)cc2)C(C(=O)NCCC2=CCCCC2)c2ccccc2)cc1OC. The van der Waals surface area contributed by atoms with E-state index in [1.54, 1.807) is 43.4 Å². The van der Waals surface area contributed by atoms with Gasteiger partial charge >= 0.3 is 0 Å². The van der Waals surface area contributed by atoms with Crippen LogP contribution in [-0.2, 0) is 22.6 Å². The van der Waals surface area contributed by atoms with Gasteiger partial charge in [0.25, 0.3) is 0 Å². The lowest BCUT2D eigenvalue weighted by molar-refractivity contribution is -0.141. The Labute approximate surface area is 241 Å². The van der Waals surface area contributed by atoms with Crippen LogP contribution in [0.25, 0.3) is 0 Å². The van der Waals surface area contributed by atoms with Crippen LogP contribution in [0.2, 0.25) is 5.02 Å². The second-order valence-corrected chi connectivity index (χ2v) is 10.4. The van der Waals surface area contributed by atoms with Gasteiger partial charge in [0.05, 0.1) is 20.6 Å². The summed E-state index contributed by atoms with van der Waals surface area (Å²) in [5.74, 6) is 0.760. The molecule has 1 unspecified atom stereocenters. The van der Waals surface area contributed by atoms with E-state index in [4.69, 9.17) is 21.1 Å². The molecular weight excluding hydrogens is 524 g/mol. The van der Waals surface area contributed by atoms with Gasteiger partial charge in [-0.3, -0.25) is 9.59 Å². The summed E-state index contributed by atoms with van der Waals surface area (Å²) in [6.45, 7) is 0.786. The van der Waals surface area contributed by atoms with E-state index >= 15 is 0 Å². The minimum Gasteiger partial charge on any atom is -0.493 e. The number of amides is 2. The van der Waals surface area contributed by atoms with E-state index in [1.807, 2.05) is 48.5 Å². The van der Waals surface area contributed by atoms with Crippen LogP contribution in [0, 0.1) is 0 Å². The molecule has 0 saturated heterocycles. The average molecular weight is 561 g/mol. The molecule has 3 aromatic carbocycles. The van der Waals surface area contributed by atoms with Crippen LogP contribution in [0.3, 0.4) is 0 Å². The normalized spacial score (nSPS) is 13.6. The lowest BCUT2D eigenvalue weighted by Gasteiger charge is -2.32. The lowest BCUT2D eigenvalue weighted by atomic mass is 9.97. The number of nitrogens with one attached hydrogen (secondary N) is 1. The van der Waals surface area contributed by atoms with Crippen molar-refractivity contribution in [3.63, 3.8) is 0 Å².